The predicted molar refractivity (Wildman–Crippen MR) is 102 cm³/mol. The van der Waals surface area contributed by atoms with Gasteiger partial charge in [-0.2, -0.15) is 0 Å². The van der Waals surface area contributed by atoms with Gasteiger partial charge in [0.1, 0.15) is 12.7 Å². The van der Waals surface area contributed by atoms with Crippen LogP contribution < -0.4 is 11.2 Å². The van der Waals surface area contributed by atoms with Crippen molar-refractivity contribution in [3.63, 3.8) is 0 Å². The number of benzene rings is 1. The van der Waals surface area contributed by atoms with Gasteiger partial charge < -0.3 is 19.2 Å². The summed E-state index contributed by atoms with van der Waals surface area (Å²) >= 11 is 0. The Morgan fingerprint density at radius 1 is 1.20 bits per heavy atom. The summed E-state index contributed by atoms with van der Waals surface area (Å²) in [5, 5.41) is 0. The van der Waals surface area contributed by atoms with E-state index in [-0.39, 0.29) is 5.56 Å². The summed E-state index contributed by atoms with van der Waals surface area (Å²) in [7, 11) is 0. The van der Waals surface area contributed by atoms with E-state index >= 15 is 4.39 Å². The van der Waals surface area contributed by atoms with Crippen LogP contribution in [0.3, 0.4) is 0 Å². The number of rotatable bonds is 5. The molecule has 1 fully saturated rings. The summed E-state index contributed by atoms with van der Waals surface area (Å²) in [6, 6.07) is 9.13. The first-order chi connectivity index (χ1) is 14.1. The summed E-state index contributed by atoms with van der Waals surface area (Å²) < 4.78 is 32.6. The third-order valence-electron chi connectivity index (χ3n) is 5.20. The van der Waals surface area contributed by atoms with Crippen molar-refractivity contribution in [3.8, 4) is 0 Å². The molecule has 30 heavy (non-hydrogen) atoms. The van der Waals surface area contributed by atoms with E-state index in [4.69, 9.17) is 14.2 Å². The largest absolute Gasteiger partial charge is 0.459 e. The Bertz CT molecular complexity index is 1030. The Kier molecular flexibility index (Phi) is 5.62. The zero-order valence-corrected chi connectivity index (χ0v) is 16.6. The van der Waals surface area contributed by atoms with Crippen LogP contribution in [0.2, 0.25) is 0 Å². The van der Waals surface area contributed by atoms with Crippen molar-refractivity contribution in [1.82, 2.24) is 9.55 Å². The van der Waals surface area contributed by atoms with E-state index in [9.17, 15) is 19.2 Å². The number of nitrogens with zero attached hydrogens (tertiary/aromatic N) is 1. The Morgan fingerprint density at radius 2 is 1.87 bits per heavy atom. The highest BCUT2D eigenvalue weighted by atomic mass is 19.1. The highest BCUT2D eigenvalue weighted by Crippen LogP contribution is 2.49. The van der Waals surface area contributed by atoms with Crippen LogP contribution in [-0.2, 0) is 19.0 Å². The number of aromatic nitrogens is 2. The van der Waals surface area contributed by atoms with E-state index in [0.717, 1.165) is 26.1 Å². The lowest BCUT2D eigenvalue weighted by molar-refractivity contribution is -0.175. The molecular weight excluding hydrogens is 399 g/mol. The van der Waals surface area contributed by atoms with Gasteiger partial charge in [0.15, 0.2) is 17.5 Å². The molecule has 3 rings (SSSR count). The number of alkyl halides is 1. The van der Waals surface area contributed by atoms with Gasteiger partial charge in [0, 0.05) is 19.2 Å². The predicted octanol–water partition coefficient (Wildman–Crippen LogP) is 1.34. The van der Waals surface area contributed by atoms with Gasteiger partial charge in [-0.25, -0.2) is 18.5 Å². The van der Waals surface area contributed by atoms with Gasteiger partial charge in [0.05, 0.1) is 5.56 Å². The second kappa shape index (κ2) is 7.86. The fraction of sp³-hybridized carbons (Fsp3) is 0.400. The molecule has 0 saturated carbocycles. The molecule has 0 spiro atoms. The number of hydrogen-bond acceptors (Lipinski definition) is 7. The van der Waals surface area contributed by atoms with E-state index in [1.54, 1.807) is 18.2 Å². The van der Waals surface area contributed by atoms with Crippen molar-refractivity contribution >= 4 is 11.9 Å². The molecule has 0 radical (unpaired) electrons. The van der Waals surface area contributed by atoms with Crippen LogP contribution in [0.15, 0.2) is 52.2 Å². The summed E-state index contributed by atoms with van der Waals surface area (Å²) in [5.74, 6) is -1.50. The number of esters is 2. The highest BCUT2D eigenvalue weighted by Gasteiger charge is 2.67. The fourth-order valence-electron chi connectivity index (χ4n) is 3.40. The molecule has 4 atom stereocenters. The standard InChI is InChI=1S/C20H21FN2O7/c1-12(24)30-20(3)14(11-28-16(26)13-7-5-4-6-8-13)29-17(19(20,2)21)23-15(25)9-10-22-18(23)27/h4-10,14,17H,11H2,1-3H3,(H,22,27)/t14-,17+,19+,20+/m1/s1. The number of halogens is 1. The summed E-state index contributed by atoms with van der Waals surface area (Å²) in [5.41, 5.74) is -5.91. The van der Waals surface area contributed by atoms with Crippen molar-refractivity contribution in [2.75, 3.05) is 6.61 Å². The molecule has 9 nitrogen and oxygen atoms in total. The van der Waals surface area contributed by atoms with Gasteiger partial charge >= 0.3 is 17.6 Å². The lowest BCUT2D eigenvalue weighted by atomic mass is 9.84. The molecule has 0 aliphatic carbocycles. The second-order valence-electron chi connectivity index (χ2n) is 7.21. The molecule has 1 aliphatic heterocycles. The molecule has 10 heteroatoms. The van der Waals surface area contributed by atoms with Crippen molar-refractivity contribution in [2.45, 2.75) is 44.4 Å². The van der Waals surface area contributed by atoms with Crippen LogP contribution in [0.4, 0.5) is 4.39 Å². The molecule has 0 bridgehead atoms. The molecule has 2 heterocycles. The summed E-state index contributed by atoms with van der Waals surface area (Å²) in [6.45, 7) is 2.92. The molecule has 2 aromatic rings. The van der Waals surface area contributed by atoms with Crippen molar-refractivity contribution in [2.24, 2.45) is 0 Å². The van der Waals surface area contributed by atoms with Gasteiger partial charge in [-0.1, -0.05) is 18.2 Å². The minimum absolute atomic E-state index is 0.264. The second-order valence-corrected chi connectivity index (χ2v) is 7.21. The quantitative estimate of drug-likeness (QED) is 0.726. The summed E-state index contributed by atoms with van der Waals surface area (Å²) in [4.78, 5) is 50.6. The smallest absolute Gasteiger partial charge is 0.338 e. The van der Waals surface area contributed by atoms with Gasteiger partial charge in [0.2, 0.25) is 0 Å². The van der Waals surface area contributed by atoms with E-state index in [1.165, 1.54) is 19.1 Å². The van der Waals surface area contributed by atoms with Crippen LogP contribution in [0.1, 0.15) is 37.4 Å². The van der Waals surface area contributed by atoms with Crippen molar-refractivity contribution in [3.05, 3.63) is 69.0 Å². The van der Waals surface area contributed by atoms with Crippen LogP contribution >= 0.6 is 0 Å². The van der Waals surface area contributed by atoms with E-state index < -0.39 is 53.4 Å². The molecule has 160 valence electrons. The first-order valence-electron chi connectivity index (χ1n) is 9.14. The van der Waals surface area contributed by atoms with Gasteiger partial charge in [0.25, 0.3) is 5.56 Å². The minimum atomic E-state index is -2.51. The number of hydrogen-bond donors (Lipinski definition) is 1. The fourth-order valence-corrected chi connectivity index (χ4v) is 3.40. The molecular formula is C20H21FN2O7. The van der Waals surface area contributed by atoms with Crippen LogP contribution in [0.5, 0.6) is 0 Å². The molecule has 0 unspecified atom stereocenters. The maximum Gasteiger partial charge on any atom is 0.338 e. The van der Waals surface area contributed by atoms with Crippen LogP contribution in [0, 0.1) is 0 Å². The molecule has 1 saturated heterocycles. The Morgan fingerprint density at radius 3 is 2.47 bits per heavy atom. The van der Waals surface area contributed by atoms with Crippen molar-refractivity contribution < 1.29 is 28.2 Å². The molecule has 0 amide bonds. The number of carbonyl (C=O) groups is 2. The lowest BCUT2D eigenvalue weighted by Gasteiger charge is -2.36. The Balaban J connectivity index is 1.95. The average molecular weight is 420 g/mol. The van der Waals surface area contributed by atoms with Crippen LogP contribution in [0.25, 0.3) is 0 Å². The lowest BCUT2D eigenvalue weighted by Crippen LogP contribution is -2.56. The number of carbonyl (C=O) groups excluding carboxylic acids is 2. The third-order valence-corrected chi connectivity index (χ3v) is 5.20. The topological polar surface area (TPSA) is 117 Å². The van der Waals surface area contributed by atoms with E-state index in [0.29, 0.717) is 4.57 Å². The normalized spacial score (nSPS) is 28.1. The zero-order valence-electron chi connectivity index (χ0n) is 16.6. The Labute approximate surface area is 170 Å². The zero-order chi connectivity index (χ0) is 22.1. The summed E-state index contributed by atoms with van der Waals surface area (Å²) in [6.07, 6.45) is -1.89. The monoisotopic (exact) mass is 420 g/mol. The Hall–Kier alpha value is -3.27. The molecule has 1 N–H and O–H groups in total. The number of aromatic amines is 1. The van der Waals surface area contributed by atoms with Gasteiger partial charge in [-0.05, 0) is 26.0 Å². The van der Waals surface area contributed by atoms with Gasteiger partial charge in [-0.15, -0.1) is 0 Å². The van der Waals surface area contributed by atoms with Crippen LogP contribution in [-0.4, -0.2) is 45.5 Å². The third kappa shape index (κ3) is 3.65. The van der Waals surface area contributed by atoms with Crippen molar-refractivity contribution in [1.29, 1.82) is 0 Å². The first-order valence-corrected chi connectivity index (χ1v) is 9.14. The average Bonchev–Trinajstić information content (AvgIpc) is 2.86. The maximum atomic E-state index is 16.0. The maximum absolute atomic E-state index is 16.0. The molecule has 1 aromatic carbocycles. The van der Waals surface area contributed by atoms with E-state index in [1.807, 2.05) is 0 Å². The van der Waals surface area contributed by atoms with Gasteiger partial charge in [-0.3, -0.25) is 9.59 Å². The SMILES string of the molecule is CC(=O)O[C@@]1(C)[C@@H](COC(=O)c2ccccc2)O[C@H](n2c(=O)cc[nH]c2=O)[C@]1(C)F. The molecule has 1 aromatic heterocycles. The first kappa shape index (κ1) is 21.4. The minimum Gasteiger partial charge on any atom is -0.459 e. The number of nitrogens with one attached hydrogen (secondary N) is 1. The van der Waals surface area contributed by atoms with E-state index in [2.05, 4.69) is 4.98 Å². The highest BCUT2D eigenvalue weighted by molar-refractivity contribution is 5.89. The molecule has 1 aliphatic rings. The number of H-pyrrole nitrogens is 1. The number of ether oxygens (including phenoxy) is 3.